The Morgan fingerprint density at radius 2 is 1.69 bits per heavy atom. The van der Waals surface area contributed by atoms with Gasteiger partial charge in [-0.05, 0) is 38.0 Å². The fourth-order valence-corrected chi connectivity index (χ4v) is 3.84. The van der Waals surface area contributed by atoms with Crippen LogP contribution in [0.2, 0.25) is 0 Å². The summed E-state index contributed by atoms with van der Waals surface area (Å²) in [5.74, 6) is -0.0800. The van der Waals surface area contributed by atoms with E-state index in [1.54, 1.807) is 30.3 Å². The molecule has 1 N–H and O–H groups in total. The van der Waals surface area contributed by atoms with Gasteiger partial charge in [-0.3, -0.25) is 4.79 Å². The van der Waals surface area contributed by atoms with Crippen molar-refractivity contribution in [3.8, 4) is 0 Å². The molecule has 0 spiro atoms. The number of hydrogen-bond acceptors (Lipinski definition) is 3. The summed E-state index contributed by atoms with van der Waals surface area (Å²) >= 11 is 0. The molecule has 0 aromatic heterocycles. The Labute approximate surface area is 156 Å². The van der Waals surface area contributed by atoms with Crippen LogP contribution in [0, 0.1) is 6.92 Å². The molecule has 0 aliphatic carbocycles. The van der Waals surface area contributed by atoms with Crippen LogP contribution in [0.25, 0.3) is 0 Å². The summed E-state index contributed by atoms with van der Waals surface area (Å²) < 4.78 is 26.1. The summed E-state index contributed by atoms with van der Waals surface area (Å²) in [7, 11) is -1.97. The third-order valence-electron chi connectivity index (χ3n) is 4.28. The first kappa shape index (κ1) is 20.1. The molecule has 26 heavy (non-hydrogen) atoms. The smallest absolute Gasteiger partial charge is 0.242 e. The lowest BCUT2D eigenvalue weighted by atomic mass is 10.1. The van der Waals surface area contributed by atoms with Crippen molar-refractivity contribution in [3.63, 3.8) is 0 Å². The second kappa shape index (κ2) is 8.96. The molecule has 0 aliphatic rings. The van der Waals surface area contributed by atoms with Gasteiger partial charge in [-0.25, -0.2) is 12.7 Å². The van der Waals surface area contributed by atoms with E-state index in [1.165, 1.54) is 16.9 Å². The van der Waals surface area contributed by atoms with Gasteiger partial charge in [-0.1, -0.05) is 48.0 Å². The van der Waals surface area contributed by atoms with Crippen LogP contribution in [0.3, 0.4) is 0 Å². The van der Waals surface area contributed by atoms with Crippen LogP contribution in [0.1, 0.15) is 36.9 Å². The van der Waals surface area contributed by atoms with Gasteiger partial charge in [0.05, 0.1) is 10.9 Å². The monoisotopic (exact) mass is 374 g/mol. The average Bonchev–Trinajstić information content (AvgIpc) is 2.62. The Kier molecular flexibility index (Phi) is 6.94. The fraction of sp³-hybridized carbons (Fsp3) is 0.350. The molecular formula is C20H26N2O3S. The molecule has 0 bridgehead atoms. The van der Waals surface area contributed by atoms with Crippen molar-refractivity contribution < 1.29 is 13.2 Å². The number of nitrogens with one attached hydrogen (secondary N) is 1. The number of aryl methyl sites for hydroxylation is 1. The topological polar surface area (TPSA) is 66.5 Å². The van der Waals surface area contributed by atoms with Gasteiger partial charge in [0.15, 0.2) is 0 Å². The van der Waals surface area contributed by atoms with Crippen molar-refractivity contribution in [3.05, 3.63) is 65.7 Å². The van der Waals surface area contributed by atoms with Gasteiger partial charge in [0.2, 0.25) is 15.9 Å². The minimum absolute atomic E-state index is 0.0751. The first-order valence-electron chi connectivity index (χ1n) is 8.68. The molecular weight excluding hydrogens is 348 g/mol. The van der Waals surface area contributed by atoms with Crippen LogP contribution in [0.4, 0.5) is 0 Å². The maximum Gasteiger partial charge on any atom is 0.242 e. The highest BCUT2D eigenvalue weighted by atomic mass is 32.2. The number of nitrogens with zero attached hydrogens (tertiary/aromatic N) is 1. The summed E-state index contributed by atoms with van der Waals surface area (Å²) in [4.78, 5) is 12.4. The van der Waals surface area contributed by atoms with Gasteiger partial charge >= 0.3 is 0 Å². The Bertz CT molecular complexity index is 818. The highest BCUT2D eigenvalue weighted by Crippen LogP contribution is 2.15. The van der Waals surface area contributed by atoms with Crippen molar-refractivity contribution >= 4 is 15.9 Å². The molecule has 2 aromatic rings. The van der Waals surface area contributed by atoms with Crippen LogP contribution < -0.4 is 5.32 Å². The van der Waals surface area contributed by atoms with Gasteiger partial charge in [-0.15, -0.1) is 0 Å². The zero-order chi connectivity index (χ0) is 19.2. The lowest BCUT2D eigenvalue weighted by molar-refractivity contribution is -0.121. The second-order valence-corrected chi connectivity index (χ2v) is 8.49. The first-order valence-corrected chi connectivity index (χ1v) is 10.1. The maximum absolute atomic E-state index is 12.4. The molecule has 1 amide bonds. The van der Waals surface area contributed by atoms with Gasteiger partial charge < -0.3 is 5.32 Å². The SMILES string of the molecule is Cc1ccc([C@@H](C)NC(=O)CCCN(C)S(=O)(=O)c2ccccc2)cc1. The number of benzene rings is 2. The molecule has 2 rings (SSSR count). The van der Waals surface area contributed by atoms with E-state index in [4.69, 9.17) is 0 Å². The quantitative estimate of drug-likeness (QED) is 0.771. The Morgan fingerprint density at radius 1 is 1.08 bits per heavy atom. The van der Waals surface area contributed by atoms with Crippen LogP contribution in [-0.2, 0) is 14.8 Å². The molecule has 2 aromatic carbocycles. The second-order valence-electron chi connectivity index (χ2n) is 6.44. The molecule has 140 valence electrons. The van der Waals surface area contributed by atoms with E-state index in [0.717, 1.165) is 5.56 Å². The average molecular weight is 375 g/mol. The Morgan fingerprint density at radius 3 is 2.31 bits per heavy atom. The van der Waals surface area contributed by atoms with Crippen LogP contribution >= 0.6 is 0 Å². The molecule has 0 aliphatic heterocycles. The minimum Gasteiger partial charge on any atom is -0.350 e. The zero-order valence-electron chi connectivity index (χ0n) is 15.5. The normalized spacial score (nSPS) is 12.8. The van der Waals surface area contributed by atoms with Crippen molar-refractivity contribution in [1.82, 2.24) is 9.62 Å². The number of hydrogen-bond donors (Lipinski definition) is 1. The van der Waals surface area contributed by atoms with Crippen molar-refractivity contribution in [1.29, 1.82) is 0 Å². The number of carbonyl (C=O) groups excluding carboxylic acids is 1. The maximum atomic E-state index is 12.4. The molecule has 1 atom stereocenters. The van der Waals surface area contributed by atoms with Gasteiger partial charge in [0.25, 0.3) is 0 Å². The predicted molar refractivity (Wildman–Crippen MR) is 103 cm³/mol. The molecule has 5 nitrogen and oxygen atoms in total. The van der Waals surface area contributed by atoms with E-state index in [9.17, 15) is 13.2 Å². The van der Waals surface area contributed by atoms with Crippen molar-refractivity contribution in [2.45, 2.75) is 37.6 Å². The lowest BCUT2D eigenvalue weighted by Gasteiger charge is -2.18. The summed E-state index contributed by atoms with van der Waals surface area (Å²) in [5.41, 5.74) is 2.22. The number of rotatable bonds is 8. The summed E-state index contributed by atoms with van der Waals surface area (Å²) in [6, 6.07) is 16.3. The minimum atomic E-state index is -3.51. The highest BCUT2D eigenvalue weighted by molar-refractivity contribution is 7.89. The lowest BCUT2D eigenvalue weighted by Crippen LogP contribution is -2.30. The van der Waals surface area contributed by atoms with Gasteiger partial charge in [0.1, 0.15) is 0 Å². The molecule has 0 radical (unpaired) electrons. The van der Waals surface area contributed by atoms with E-state index in [1.807, 2.05) is 38.1 Å². The van der Waals surface area contributed by atoms with E-state index < -0.39 is 10.0 Å². The summed E-state index contributed by atoms with van der Waals surface area (Å²) in [5, 5.41) is 2.95. The first-order chi connectivity index (χ1) is 12.3. The largest absolute Gasteiger partial charge is 0.350 e. The highest BCUT2D eigenvalue weighted by Gasteiger charge is 2.20. The zero-order valence-corrected chi connectivity index (χ0v) is 16.3. The van der Waals surface area contributed by atoms with Gasteiger partial charge in [0, 0.05) is 20.0 Å². The summed E-state index contributed by atoms with van der Waals surface area (Å²) in [6.07, 6.45) is 0.750. The third-order valence-corrected chi connectivity index (χ3v) is 6.15. The Balaban J connectivity index is 1.81. The molecule has 0 unspecified atom stereocenters. The Hall–Kier alpha value is -2.18. The summed E-state index contributed by atoms with van der Waals surface area (Å²) in [6.45, 7) is 4.26. The predicted octanol–water partition coefficient (Wildman–Crippen LogP) is 3.27. The standard InChI is InChI=1S/C20H26N2O3S/c1-16-11-13-18(14-12-16)17(2)21-20(23)10-7-15-22(3)26(24,25)19-8-5-4-6-9-19/h4-6,8-9,11-14,17H,7,10,15H2,1-3H3,(H,21,23)/t17-/m1/s1. The van der Waals surface area contributed by atoms with E-state index in [2.05, 4.69) is 5.32 Å². The molecule has 0 heterocycles. The molecule has 0 saturated carbocycles. The molecule has 0 saturated heterocycles. The van der Waals surface area contributed by atoms with Crippen LogP contribution in [0.15, 0.2) is 59.5 Å². The van der Waals surface area contributed by atoms with E-state index in [0.29, 0.717) is 13.0 Å². The molecule has 0 fully saturated rings. The number of amides is 1. The molecule has 6 heteroatoms. The van der Waals surface area contributed by atoms with E-state index in [-0.39, 0.29) is 23.3 Å². The van der Waals surface area contributed by atoms with Crippen LogP contribution in [0.5, 0.6) is 0 Å². The fourth-order valence-electron chi connectivity index (χ4n) is 2.61. The van der Waals surface area contributed by atoms with Crippen LogP contribution in [-0.4, -0.2) is 32.2 Å². The van der Waals surface area contributed by atoms with Crippen molar-refractivity contribution in [2.24, 2.45) is 0 Å². The van der Waals surface area contributed by atoms with Crippen molar-refractivity contribution in [2.75, 3.05) is 13.6 Å². The number of sulfonamides is 1. The van der Waals surface area contributed by atoms with E-state index >= 15 is 0 Å². The number of carbonyl (C=O) groups is 1. The third kappa shape index (κ3) is 5.41. The van der Waals surface area contributed by atoms with Gasteiger partial charge in [-0.2, -0.15) is 0 Å².